The van der Waals surface area contributed by atoms with Crippen molar-refractivity contribution in [3.05, 3.63) is 60.2 Å². The van der Waals surface area contributed by atoms with Crippen molar-refractivity contribution in [1.29, 1.82) is 0 Å². The largest absolute Gasteiger partial charge is 0.496 e. The Hall–Kier alpha value is -3.52. The number of methoxy groups -OCH3 is 1. The number of carbonyl (C=O) groups is 2. The van der Waals surface area contributed by atoms with Crippen LogP contribution in [0.5, 0.6) is 5.75 Å². The minimum absolute atomic E-state index is 0.264. The highest BCUT2D eigenvalue weighted by molar-refractivity contribution is 7.00. The lowest BCUT2D eigenvalue weighted by Gasteiger charge is -2.11. The molecule has 0 bridgehead atoms. The Morgan fingerprint density at radius 2 is 1.82 bits per heavy atom. The molecule has 0 fully saturated rings. The summed E-state index contributed by atoms with van der Waals surface area (Å²) in [7, 11) is 1.48. The van der Waals surface area contributed by atoms with Gasteiger partial charge < -0.3 is 14.8 Å². The average Bonchev–Trinajstić information content (AvgIpc) is 3.21. The number of esters is 1. The summed E-state index contributed by atoms with van der Waals surface area (Å²) in [5.41, 5.74) is 2.08. The van der Waals surface area contributed by atoms with Crippen LogP contribution in [0, 0.1) is 0 Å². The van der Waals surface area contributed by atoms with Gasteiger partial charge in [0.05, 0.1) is 24.5 Å². The van der Waals surface area contributed by atoms with Crippen molar-refractivity contribution in [3.8, 4) is 5.75 Å². The van der Waals surface area contributed by atoms with Crippen LogP contribution in [-0.4, -0.2) is 34.3 Å². The van der Waals surface area contributed by atoms with Gasteiger partial charge in [-0.15, -0.1) is 0 Å². The van der Waals surface area contributed by atoms with Crippen LogP contribution in [0.25, 0.3) is 21.8 Å². The Morgan fingerprint density at radius 1 is 1.04 bits per heavy atom. The third-order valence-corrected chi connectivity index (χ3v) is 4.72. The second-order valence-electron chi connectivity index (χ2n) is 5.96. The normalized spacial score (nSPS) is 10.8. The molecule has 0 aliphatic heterocycles. The van der Waals surface area contributed by atoms with Crippen LogP contribution in [0.1, 0.15) is 10.4 Å². The van der Waals surface area contributed by atoms with Gasteiger partial charge in [-0.2, -0.15) is 8.75 Å². The van der Waals surface area contributed by atoms with E-state index in [1.54, 1.807) is 30.3 Å². The van der Waals surface area contributed by atoms with E-state index < -0.39 is 18.5 Å². The molecule has 4 rings (SSSR count). The molecule has 0 radical (unpaired) electrons. The quantitative estimate of drug-likeness (QED) is 0.521. The Kier molecular flexibility index (Phi) is 4.86. The third-order valence-electron chi connectivity index (χ3n) is 4.18. The first kappa shape index (κ1) is 17.9. The predicted molar refractivity (Wildman–Crippen MR) is 107 cm³/mol. The van der Waals surface area contributed by atoms with Gasteiger partial charge in [0.2, 0.25) is 0 Å². The van der Waals surface area contributed by atoms with Crippen molar-refractivity contribution in [1.82, 2.24) is 8.75 Å². The lowest BCUT2D eigenvalue weighted by molar-refractivity contribution is -0.119. The standard InChI is InChI=1S/C20H15N3O4S/c1-26-17-10-13-6-3-2-5-12(13)9-14(17)20(25)27-11-18(24)21-15-7-4-8-16-19(15)23-28-22-16/h2-10H,11H2,1H3,(H,21,24). The Morgan fingerprint density at radius 3 is 2.61 bits per heavy atom. The van der Waals surface area contributed by atoms with Crippen molar-refractivity contribution < 1.29 is 19.1 Å². The number of hydrogen-bond acceptors (Lipinski definition) is 7. The van der Waals surface area contributed by atoms with Gasteiger partial charge in [-0.25, -0.2) is 4.79 Å². The average molecular weight is 393 g/mol. The van der Waals surface area contributed by atoms with E-state index in [1.807, 2.05) is 24.3 Å². The molecule has 0 spiro atoms. The summed E-state index contributed by atoms with van der Waals surface area (Å²) in [5.74, 6) is -0.706. The molecule has 4 aromatic rings. The Bertz CT molecular complexity index is 1190. The smallest absolute Gasteiger partial charge is 0.342 e. The van der Waals surface area contributed by atoms with Crippen LogP contribution in [0.15, 0.2) is 54.6 Å². The van der Waals surface area contributed by atoms with Crippen molar-refractivity contribution in [2.75, 3.05) is 19.0 Å². The maximum Gasteiger partial charge on any atom is 0.342 e. The molecule has 1 N–H and O–H groups in total. The molecule has 1 aromatic heterocycles. The van der Waals surface area contributed by atoms with Gasteiger partial charge in [-0.1, -0.05) is 30.3 Å². The lowest BCUT2D eigenvalue weighted by atomic mass is 10.1. The lowest BCUT2D eigenvalue weighted by Crippen LogP contribution is -2.21. The fourth-order valence-corrected chi connectivity index (χ4v) is 3.40. The summed E-state index contributed by atoms with van der Waals surface area (Å²) < 4.78 is 18.8. The summed E-state index contributed by atoms with van der Waals surface area (Å²) in [4.78, 5) is 24.7. The zero-order chi connectivity index (χ0) is 19.5. The van der Waals surface area contributed by atoms with Crippen molar-refractivity contribution >= 4 is 51.1 Å². The first-order valence-electron chi connectivity index (χ1n) is 8.41. The highest BCUT2D eigenvalue weighted by Crippen LogP contribution is 2.26. The topological polar surface area (TPSA) is 90.4 Å². The van der Waals surface area contributed by atoms with E-state index in [1.165, 1.54) is 7.11 Å². The van der Waals surface area contributed by atoms with E-state index in [4.69, 9.17) is 9.47 Å². The number of fused-ring (bicyclic) bond motifs is 2. The van der Waals surface area contributed by atoms with E-state index in [0.29, 0.717) is 22.5 Å². The van der Waals surface area contributed by atoms with E-state index >= 15 is 0 Å². The number of rotatable bonds is 5. The number of aromatic nitrogens is 2. The molecule has 1 amide bonds. The molecule has 140 valence electrons. The SMILES string of the molecule is COc1cc2ccccc2cc1C(=O)OCC(=O)Nc1cccc2nsnc12. The van der Waals surface area contributed by atoms with E-state index in [2.05, 4.69) is 14.1 Å². The molecule has 0 atom stereocenters. The van der Waals surface area contributed by atoms with Gasteiger partial charge in [0.15, 0.2) is 6.61 Å². The molecule has 0 unspecified atom stereocenters. The van der Waals surface area contributed by atoms with Crippen LogP contribution >= 0.6 is 11.7 Å². The molecule has 3 aromatic carbocycles. The molecular weight excluding hydrogens is 378 g/mol. The Labute approximate surface area is 164 Å². The van der Waals surface area contributed by atoms with Gasteiger partial charge in [0.1, 0.15) is 22.3 Å². The number of anilines is 1. The molecule has 8 heteroatoms. The highest BCUT2D eigenvalue weighted by Gasteiger charge is 2.17. The molecule has 0 aliphatic carbocycles. The molecule has 1 heterocycles. The number of amides is 1. The monoisotopic (exact) mass is 393 g/mol. The number of hydrogen-bond donors (Lipinski definition) is 1. The highest BCUT2D eigenvalue weighted by atomic mass is 32.1. The van der Waals surface area contributed by atoms with E-state index in [-0.39, 0.29) is 5.56 Å². The molecule has 7 nitrogen and oxygen atoms in total. The fourth-order valence-electron chi connectivity index (χ4n) is 2.85. The van der Waals surface area contributed by atoms with Crippen molar-refractivity contribution in [2.45, 2.75) is 0 Å². The van der Waals surface area contributed by atoms with Gasteiger partial charge in [0.25, 0.3) is 5.91 Å². The van der Waals surface area contributed by atoms with Crippen LogP contribution in [0.2, 0.25) is 0 Å². The van der Waals surface area contributed by atoms with E-state index in [0.717, 1.165) is 22.5 Å². The zero-order valence-corrected chi connectivity index (χ0v) is 15.7. The summed E-state index contributed by atoms with van der Waals surface area (Å²) in [6.07, 6.45) is 0. The number of nitrogens with zero attached hydrogens (tertiary/aromatic N) is 2. The summed E-state index contributed by atoms with van der Waals surface area (Å²) >= 11 is 1.06. The molecule has 0 saturated heterocycles. The maximum absolute atomic E-state index is 12.5. The zero-order valence-electron chi connectivity index (χ0n) is 14.8. The Balaban J connectivity index is 1.47. The van der Waals surface area contributed by atoms with Crippen LogP contribution in [0.4, 0.5) is 5.69 Å². The predicted octanol–water partition coefficient (Wildman–Crippen LogP) is 3.65. The van der Waals surface area contributed by atoms with Crippen LogP contribution in [0.3, 0.4) is 0 Å². The fraction of sp³-hybridized carbons (Fsp3) is 0.100. The molecule has 28 heavy (non-hydrogen) atoms. The molecule has 0 saturated carbocycles. The maximum atomic E-state index is 12.5. The first-order valence-corrected chi connectivity index (χ1v) is 9.14. The second kappa shape index (κ2) is 7.61. The minimum Gasteiger partial charge on any atom is -0.496 e. The third kappa shape index (κ3) is 3.49. The first-order chi connectivity index (χ1) is 13.7. The van der Waals surface area contributed by atoms with Gasteiger partial charge in [0, 0.05) is 0 Å². The van der Waals surface area contributed by atoms with E-state index in [9.17, 15) is 9.59 Å². The number of carbonyl (C=O) groups excluding carboxylic acids is 2. The molecule has 0 aliphatic rings. The number of benzene rings is 3. The summed E-state index contributed by atoms with van der Waals surface area (Å²) in [5, 5.41) is 4.51. The van der Waals surface area contributed by atoms with Crippen LogP contribution < -0.4 is 10.1 Å². The second-order valence-corrected chi connectivity index (χ2v) is 6.49. The van der Waals surface area contributed by atoms with Gasteiger partial charge in [-0.05, 0) is 35.0 Å². The van der Waals surface area contributed by atoms with Gasteiger partial charge >= 0.3 is 5.97 Å². The van der Waals surface area contributed by atoms with Crippen LogP contribution in [-0.2, 0) is 9.53 Å². The summed E-state index contributed by atoms with van der Waals surface area (Å²) in [6.45, 7) is -0.428. The van der Waals surface area contributed by atoms with Crippen molar-refractivity contribution in [3.63, 3.8) is 0 Å². The minimum atomic E-state index is -0.633. The summed E-state index contributed by atoms with van der Waals surface area (Å²) in [6, 6.07) is 16.3. The van der Waals surface area contributed by atoms with Gasteiger partial charge in [-0.3, -0.25) is 4.79 Å². The number of ether oxygens (including phenoxy) is 2. The van der Waals surface area contributed by atoms with Crippen molar-refractivity contribution in [2.24, 2.45) is 0 Å². The molecular formula is C20H15N3O4S. The number of nitrogens with one attached hydrogen (secondary N) is 1.